The zero-order chi connectivity index (χ0) is 16.8. The number of rotatable bonds is 6. The van der Waals surface area contributed by atoms with Crippen LogP contribution in [0.1, 0.15) is 17.3 Å². The molecule has 0 bridgehead atoms. The minimum Gasteiger partial charge on any atom is -0.495 e. The van der Waals surface area contributed by atoms with E-state index in [4.69, 9.17) is 18.9 Å². The van der Waals surface area contributed by atoms with Gasteiger partial charge in [-0.3, -0.25) is 0 Å². The van der Waals surface area contributed by atoms with Gasteiger partial charge in [0.05, 0.1) is 26.4 Å². The Balaban J connectivity index is 2.31. The van der Waals surface area contributed by atoms with Crippen LogP contribution in [-0.4, -0.2) is 26.8 Å². The highest BCUT2D eigenvalue weighted by Crippen LogP contribution is 2.36. The van der Waals surface area contributed by atoms with E-state index >= 15 is 0 Å². The Morgan fingerprint density at radius 2 is 1.57 bits per heavy atom. The van der Waals surface area contributed by atoms with Crippen LogP contribution < -0.4 is 18.9 Å². The van der Waals surface area contributed by atoms with Crippen LogP contribution in [0.3, 0.4) is 0 Å². The molecule has 2 aromatic rings. The van der Waals surface area contributed by atoms with E-state index in [0.717, 1.165) is 0 Å². The third-order valence-corrected chi connectivity index (χ3v) is 3.81. The second-order valence-corrected chi connectivity index (χ2v) is 5.26. The van der Waals surface area contributed by atoms with Gasteiger partial charge in [-0.15, -0.1) is 0 Å². The second kappa shape index (κ2) is 7.87. The van der Waals surface area contributed by atoms with Crippen molar-refractivity contribution in [1.82, 2.24) is 0 Å². The average Bonchev–Trinajstić information content (AvgIpc) is 2.57. The van der Waals surface area contributed by atoms with E-state index in [0.29, 0.717) is 39.6 Å². The smallest absolute Gasteiger partial charge is 0.343 e. The van der Waals surface area contributed by atoms with Crippen LogP contribution in [0.15, 0.2) is 40.9 Å². The predicted octanol–water partition coefficient (Wildman–Crippen LogP) is 4.08. The molecule has 0 atom stereocenters. The molecule has 0 heterocycles. The number of carbonyl (C=O) groups excluding carboxylic acids is 1. The summed E-state index contributed by atoms with van der Waals surface area (Å²) >= 11 is 3.36. The molecule has 0 unspecified atom stereocenters. The van der Waals surface area contributed by atoms with Gasteiger partial charge in [-0.05, 0) is 47.1 Å². The number of para-hydroxylation sites is 2. The highest BCUT2D eigenvalue weighted by molar-refractivity contribution is 9.10. The minimum atomic E-state index is -0.527. The summed E-state index contributed by atoms with van der Waals surface area (Å²) < 4.78 is 22.0. The number of benzene rings is 2. The first kappa shape index (κ1) is 17.1. The van der Waals surface area contributed by atoms with Gasteiger partial charge >= 0.3 is 5.97 Å². The number of halogens is 1. The highest BCUT2D eigenvalue weighted by Gasteiger charge is 2.17. The molecule has 0 amide bonds. The van der Waals surface area contributed by atoms with Gasteiger partial charge in [-0.25, -0.2) is 4.79 Å². The van der Waals surface area contributed by atoms with Crippen molar-refractivity contribution in [2.75, 3.05) is 20.8 Å². The molecule has 0 fully saturated rings. The summed E-state index contributed by atoms with van der Waals surface area (Å²) in [5.74, 6) is 1.31. The molecule has 0 radical (unpaired) electrons. The largest absolute Gasteiger partial charge is 0.495 e. The van der Waals surface area contributed by atoms with Crippen molar-refractivity contribution in [2.24, 2.45) is 0 Å². The van der Waals surface area contributed by atoms with Gasteiger partial charge in [0.1, 0.15) is 16.0 Å². The second-order valence-electron chi connectivity index (χ2n) is 4.46. The summed E-state index contributed by atoms with van der Waals surface area (Å²) in [7, 11) is 3.03. The fourth-order valence-electron chi connectivity index (χ4n) is 1.96. The molecule has 122 valence electrons. The lowest BCUT2D eigenvalue weighted by Crippen LogP contribution is -2.10. The first-order chi connectivity index (χ1) is 11.1. The SMILES string of the molecule is CCOc1ccccc1OC(=O)c1cc(OC)c(Br)c(OC)c1. The number of methoxy groups -OCH3 is 2. The van der Waals surface area contributed by atoms with Gasteiger partial charge in [0, 0.05) is 0 Å². The Morgan fingerprint density at radius 1 is 1.00 bits per heavy atom. The number of esters is 1. The van der Waals surface area contributed by atoms with Crippen LogP contribution in [-0.2, 0) is 0 Å². The third-order valence-electron chi connectivity index (χ3n) is 3.03. The predicted molar refractivity (Wildman–Crippen MR) is 89.8 cm³/mol. The Bertz CT molecular complexity index is 674. The van der Waals surface area contributed by atoms with Crippen molar-refractivity contribution in [3.63, 3.8) is 0 Å². The van der Waals surface area contributed by atoms with E-state index in [1.165, 1.54) is 14.2 Å². The van der Waals surface area contributed by atoms with E-state index < -0.39 is 5.97 Å². The summed E-state index contributed by atoms with van der Waals surface area (Å²) in [6.45, 7) is 2.34. The molecule has 0 aliphatic carbocycles. The molecule has 5 nitrogen and oxygen atoms in total. The van der Waals surface area contributed by atoms with Crippen LogP contribution in [0.5, 0.6) is 23.0 Å². The molecule has 0 N–H and O–H groups in total. The van der Waals surface area contributed by atoms with Gasteiger partial charge in [0.15, 0.2) is 11.5 Å². The Hall–Kier alpha value is -2.21. The molecule has 0 saturated heterocycles. The van der Waals surface area contributed by atoms with Crippen LogP contribution in [0, 0.1) is 0 Å². The van der Waals surface area contributed by atoms with Crippen LogP contribution in [0.4, 0.5) is 0 Å². The molecule has 0 spiro atoms. The van der Waals surface area contributed by atoms with Crippen LogP contribution in [0.2, 0.25) is 0 Å². The lowest BCUT2D eigenvalue weighted by Gasteiger charge is -2.13. The Labute approximate surface area is 143 Å². The molecule has 23 heavy (non-hydrogen) atoms. The van der Waals surface area contributed by atoms with Crippen LogP contribution in [0.25, 0.3) is 0 Å². The maximum absolute atomic E-state index is 12.4. The van der Waals surface area contributed by atoms with Crippen molar-refractivity contribution in [3.05, 3.63) is 46.4 Å². The molecule has 0 aliphatic heterocycles. The lowest BCUT2D eigenvalue weighted by molar-refractivity contribution is 0.0727. The zero-order valence-electron chi connectivity index (χ0n) is 13.1. The lowest BCUT2D eigenvalue weighted by atomic mass is 10.2. The molecule has 2 aromatic carbocycles. The van der Waals surface area contributed by atoms with Gasteiger partial charge in [0.25, 0.3) is 0 Å². The van der Waals surface area contributed by atoms with E-state index in [1.807, 2.05) is 13.0 Å². The van der Waals surface area contributed by atoms with Gasteiger partial charge in [0.2, 0.25) is 0 Å². The van der Waals surface area contributed by atoms with Crippen molar-refractivity contribution in [3.8, 4) is 23.0 Å². The number of ether oxygens (including phenoxy) is 4. The molecule has 0 aromatic heterocycles. The molecule has 0 saturated carbocycles. The van der Waals surface area contributed by atoms with Crippen molar-refractivity contribution in [1.29, 1.82) is 0 Å². The van der Waals surface area contributed by atoms with E-state index in [1.54, 1.807) is 30.3 Å². The number of hydrogen-bond donors (Lipinski definition) is 0. The van der Waals surface area contributed by atoms with Crippen molar-refractivity contribution in [2.45, 2.75) is 6.92 Å². The molecule has 0 aliphatic rings. The standard InChI is InChI=1S/C17H17BrO5/c1-4-22-12-7-5-6-8-13(12)23-17(19)11-9-14(20-2)16(18)15(10-11)21-3/h5-10H,4H2,1-3H3. The first-order valence-electron chi connectivity index (χ1n) is 6.96. The fraction of sp³-hybridized carbons (Fsp3) is 0.235. The molecular weight excluding hydrogens is 364 g/mol. The zero-order valence-corrected chi connectivity index (χ0v) is 14.7. The van der Waals surface area contributed by atoms with E-state index in [2.05, 4.69) is 15.9 Å². The van der Waals surface area contributed by atoms with Gasteiger partial charge in [-0.2, -0.15) is 0 Å². The minimum absolute atomic E-state index is 0.313. The van der Waals surface area contributed by atoms with E-state index in [-0.39, 0.29) is 0 Å². The molecular formula is C17H17BrO5. The highest BCUT2D eigenvalue weighted by atomic mass is 79.9. The quantitative estimate of drug-likeness (QED) is 0.558. The third kappa shape index (κ3) is 3.96. The Kier molecular flexibility index (Phi) is 5.87. The summed E-state index contributed by atoms with van der Waals surface area (Å²) in [6.07, 6.45) is 0. The topological polar surface area (TPSA) is 54.0 Å². The normalized spacial score (nSPS) is 10.1. The summed E-state index contributed by atoms with van der Waals surface area (Å²) in [6, 6.07) is 10.2. The average molecular weight is 381 g/mol. The van der Waals surface area contributed by atoms with Crippen molar-refractivity contribution < 1.29 is 23.7 Å². The van der Waals surface area contributed by atoms with Crippen LogP contribution >= 0.6 is 15.9 Å². The van der Waals surface area contributed by atoms with Crippen molar-refractivity contribution >= 4 is 21.9 Å². The summed E-state index contributed by atoms with van der Waals surface area (Å²) in [5, 5.41) is 0. The maximum Gasteiger partial charge on any atom is 0.343 e. The summed E-state index contributed by atoms with van der Waals surface area (Å²) in [4.78, 5) is 12.4. The molecule has 6 heteroatoms. The monoisotopic (exact) mass is 380 g/mol. The Morgan fingerprint density at radius 3 is 2.09 bits per heavy atom. The number of hydrogen-bond acceptors (Lipinski definition) is 5. The fourth-order valence-corrected chi connectivity index (χ4v) is 2.51. The van der Waals surface area contributed by atoms with E-state index in [9.17, 15) is 4.79 Å². The molecule has 2 rings (SSSR count). The maximum atomic E-state index is 12.4. The first-order valence-corrected chi connectivity index (χ1v) is 7.75. The number of carbonyl (C=O) groups is 1. The summed E-state index contributed by atoms with van der Waals surface area (Å²) in [5.41, 5.74) is 0.313. The van der Waals surface area contributed by atoms with Gasteiger partial charge < -0.3 is 18.9 Å². The van der Waals surface area contributed by atoms with Gasteiger partial charge in [-0.1, -0.05) is 12.1 Å².